The van der Waals surface area contributed by atoms with Gasteiger partial charge in [-0.3, -0.25) is 4.98 Å². The molecule has 4 N–H and O–H groups in total. The molecular formula is C24H24IN5O6. The van der Waals surface area contributed by atoms with Crippen molar-refractivity contribution in [3.05, 3.63) is 61.6 Å². The first kappa shape index (κ1) is 24.2. The monoisotopic (exact) mass is 605 g/mol. The number of anilines is 1. The molecule has 0 radical (unpaired) electrons. The molecule has 2 aliphatic rings. The van der Waals surface area contributed by atoms with Crippen molar-refractivity contribution in [3.63, 3.8) is 0 Å². The van der Waals surface area contributed by atoms with Crippen LogP contribution in [0.5, 0.6) is 0 Å². The Labute approximate surface area is 219 Å². The number of hydrogen-bond acceptors (Lipinski definition) is 5. The molecule has 0 aliphatic carbocycles. The summed E-state index contributed by atoms with van der Waals surface area (Å²) in [6.45, 7) is 1.34. The number of piperidine rings is 1. The van der Waals surface area contributed by atoms with E-state index in [-0.39, 0.29) is 18.5 Å². The first-order valence-electron chi connectivity index (χ1n) is 11.5. The molecule has 0 unspecified atom stereocenters. The fourth-order valence-corrected chi connectivity index (χ4v) is 5.56. The fourth-order valence-electron chi connectivity index (χ4n) is 4.76. The van der Waals surface area contributed by atoms with Crippen LogP contribution in [0.3, 0.4) is 0 Å². The Morgan fingerprint density at radius 3 is 2.69 bits per heavy atom. The van der Waals surface area contributed by atoms with Crippen molar-refractivity contribution in [2.24, 2.45) is 0 Å². The normalized spacial score (nSPS) is 17.0. The van der Waals surface area contributed by atoms with Crippen LogP contribution in [-0.4, -0.2) is 63.1 Å². The van der Waals surface area contributed by atoms with Gasteiger partial charge in [-0.05, 0) is 64.8 Å². The second-order valence-corrected chi connectivity index (χ2v) is 10.1. The van der Waals surface area contributed by atoms with Crippen LogP contribution in [0, 0.1) is 3.57 Å². The van der Waals surface area contributed by atoms with Crippen molar-refractivity contribution in [2.45, 2.75) is 37.9 Å². The van der Waals surface area contributed by atoms with Gasteiger partial charge in [-0.25, -0.2) is 19.2 Å². The minimum absolute atomic E-state index is 0.0116. The molecule has 36 heavy (non-hydrogen) atoms. The molecule has 2 aromatic carbocycles. The van der Waals surface area contributed by atoms with E-state index in [1.165, 1.54) is 0 Å². The zero-order chi connectivity index (χ0) is 25.4. The van der Waals surface area contributed by atoms with Gasteiger partial charge in [0.25, 0.3) is 0 Å². The Bertz CT molecular complexity index is 1390. The molecule has 0 saturated carbocycles. The van der Waals surface area contributed by atoms with E-state index in [1.54, 1.807) is 21.9 Å². The van der Waals surface area contributed by atoms with Crippen LogP contribution >= 0.6 is 22.6 Å². The van der Waals surface area contributed by atoms with Crippen LogP contribution in [0.25, 0.3) is 11.1 Å². The molecule has 3 heterocycles. The molecule has 1 fully saturated rings. The van der Waals surface area contributed by atoms with Gasteiger partial charge in [-0.2, -0.15) is 0 Å². The number of aromatic amines is 1. The SMILES string of the molecule is O=C(O)[C@@H](Cc1cc(I)c2[nH]c(=O)oc2c1)NC(=O)N1CCC(N2Cc3ccccc3NC2=O)CC1. The molecule has 3 aromatic rings. The molecule has 4 amide bonds. The van der Waals surface area contributed by atoms with E-state index in [0.717, 1.165) is 11.3 Å². The summed E-state index contributed by atoms with van der Waals surface area (Å²) in [5, 5.41) is 15.3. The van der Waals surface area contributed by atoms with E-state index in [4.69, 9.17) is 4.42 Å². The largest absolute Gasteiger partial charge is 0.480 e. The Kier molecular flexibility index (Phi) is 6.60. The summed E-state index contributed by atoms with van der Waals surface area (Å²) in [6.07, 6.45) is 1.23. The van der Waals surface area contributed by atoms with Gasteiger partial charge >= 0.3 is 23.8 Å². The smallest absolute Gasteiger partial charge is 0.417 e. The van der Waals surface area contributed by atoms with Crippen LogP contribution in [-0.2, 0) is 17.8 Å². The number of nitrogens with one attached hydrogen (secondary N) is 3. The molecule has 2 aliphatic heterocycles. The molecular weight excluding hydrogens is 581 g/mol. The number of oxazole rings is 1. The van der Waals surface area contributed by atoms with Crippen molar-refractivity contribution in [1.29, 1.82) is 0 Å². The Hall–Kier alpha value is -3.55. The molecule has 0 bridgehead atoms. The Morgan fingerprint density at radius 1 is 1.19 bits per heavy atom. The summed E-state index contributed by atoms with van der Waals surface area (Å²) in [7, 11) is 0. The highest BCUT2D eigenvalue weighted by Gasteiger charge is 2.33. The third-order valence-electron chi connectivity index (χ3n) is 6.63. The maximum atomic E-state index is 12.9. The zero-order valence-corrected chi connectivity index (χ0v) is 21.3. The van der Waals surface area contributed by atoms with E-state index >= 15 is 0 Å². The number of aliphatic carboxylic acids is 1. The number of H-pyrrole nitrogens is 1. The zero-order valence-electron chi connectivity index (χ0n) is 19.1. The minimum Gasteiger partial charge on any atom is -0.480 e. The highest BCUT2D eigenvalue weighted by molar-refractivity contribution is 14.1. The lowest BCUT2D eigenvalue weighted by molar-refractivity contribution is -0.139. The van der Waals surface area contributed by atoms with Crippen molar-refractivity contribution in [2.75, 3.05) is 18.4 Å². The lowest BCUT2D eigenvalue weighted by Crippen LogP contribution is -2.54. The highest BCUT2D eigenvalue weighted by atomic mass is 127. The molecule has 188 valence electrons. The number of benzene rings is 2. The number of nitrogens with zero attached hydrogens (tertiary/aromatic N) is 2. The first-order valence-corrected chi connectivity index (χ1v) is 12.6. The van der Waals surface area contributed by atoms with E-state index in [1.807, 2.05) is 46.9 Å². The number of carbonyl (C=O) groups excluding carboxylic acids is 2. The van der Waals surface area contributed by atoms with Crippen LogP contribution in [0.1, 0.15) is 24.0 Å². The molecule has 12 heteroatoms. The maximum Gasteiger partial charge on any atom is 0.417 e. The van der Waals surface area contributed by atoms with E-state index in [0.29, 0.717) is 52.7 Å². The van der Waals surface area contributed by atoms with Gasteiger partial charge < -0.3 is 30.0 Å². The number of halogens is 1. The van der Waals surface area contributed by atoms with Gasteiger partial charge in [0, 0.05) is 41.4 Å². The first-order chi connectivity index (χ1) is 17.3. The molecule has 11 nitrogen and oxygen atoms in total. The number of carbonyl (C=O) groups is 3. The standard InChI is InChI=1S/C24H24IN5O6/c25-16-9-13(11-19-20(16)28-24(35)36-19)10-18(21(31)32)27-22(33)29-7-5-15(6-8-29)30-12-14-3-1-2-4-17(14)26-23(30)34/h1-4,9,11,15,18H,5-8,10,12H2,(H,26,34)(H,27,33)(H,28,35)(H,31,32)/t18-/m1/s1. The number of fused-ring (bicyclic) bond motifs is 2. The predicted octanol–water partition coefficient (Wildman–Crippen LogP) is 2.94. The summed E-state index contributed by atoms with van der Waals surface area (Å²) in [4.78, 5) is 54.9. The number of para-hydroxylation sites is 1. The van der Waals surface area contributed by atoms with Gasteiger partial charge in [0.15, 0.2) is 5.58 Å². The fraction of sp³-hybridized carbons (Fsp3) is 0.333. The average Bonchev–Trinajstić information content (AvgIpc) is 3.24. The third kappa shape index (κ3) is 4.90. The average molecular weight is 605 g/mol. The summed E-state index contributed by atoms with van der Waals surface area (Å²) in [5.74, 6) is -1.75. The van der Waals surface area contributed by atoms with Crippen LogP contribution in [0.2, 0.25) is 0 Å². The second-order valence-electron chi connectivity index (χ2n) is 8.94. The number of amides is 4. The highest BCUT2D eigenvalue weighted by Crippen LogP contribution is 2.27. The van der Waals surface area contributed by atoms with Crippen molar-refractivity contribution >= 4 is 57.4 Å². The number of aromatic nitrogens is 1. The molecule has 0 spiro atoms. The minimum atomic E-state index is -1.16. The molecule has 1 aromatic heterocycles. The Morgan fingerprint density at radius 2 is 1.94 bits per heavy atom. The van der Waals surface area contributed by atoms with Gasteiger partial charge in [-0.15, -0.1) is 0 Å². The number of likely N-dealkylation sites (tertiary alicyclic amines) is 1. The van der Waals surface area contributed by atoms with E-state index < -0.39 is 23.8 Å². The van der Waals surface area contributed by atoms with E-state index in [2.05, 4.69) is 15.6 Å². The lowest BCUT2D eigenvalue weighted by Gasteiger charge is -2.40. The van der Waals surface area contributed by atoms with Crippen LogP contribution < -0.4 is 16.4 Å². The maximum absolute atomic E-state index is 12.9. The van der Waals surface area contributed by atoms with Gasteiger partial charge in [-0.1, -0.05) is 18.2 Å². The second kappa shape index (κ2) is 9.84. The van der Waals surface area contributed by atoms with Crippen molar-refractivity contribution in [1.82, 2.24) is 20.1 Å². The van der Waals surface area contributed by atoms with Gasteiger partial charge in [0.05, 0.1) is 0 Å². The molecule has 5 rings (SSSR count). The third-order valence-corrected chi connectivity index (χ3v) is 7.48. The number of carboxylic acid groups (broad SMARTS) is 1. The van der Waals surface area contributed by atoms with E-state index in [9.17, 15) is 24.3 Å². The number of hydrogen-bond donors (Lipinski definition) is 4. The number of rotatable bonds is 5. The lowest BCUT2D eigenvalue weighted by atomic mass is 10.0. The van der Waals surface area contributed by atoms with Crippen molar-refractivity contribution in [3.8, 4) is 0 Å². The van der Waals surface area contributed by atoms with Gasteiger partial charge in [0.1, 0.15) is 11.6 Å². The summed E-state index contributed by atoms with van der Waals surface area (Å²) < 4.78 is 5.82. The Balaban J connectivity index is 1.20. The summed E-state index contributed by atoms with van der Waals surface area (Å²) in [5.41, 5.74) is 3.38. The van der Waals surface area contributed by atoms with Gasteiger partial charge in [0.2, 0.25) is 0 Å². The van der Waals surface area contributed by atoms with Crippen LogP contribution in [0.4, 0.5) is 15.3 Å². The summed E-state index contributed by atoms with van der Waals surface area (Å²) in [6, 6.07) is 9.27. The topological polar surface area (TPSA) is 148 Å². The van der Waals surface area contributed by atoms with Crippen molar-refractivity contribution < 1.29 is 23.9 Å². The number of urea groups is 2. The number of carboxylic acids is 1. The predicted molar refractivity (Wildman–Crippen MR) is 139 cm³/mol. The molecule has 1 atom stereocenters. The van der Waals surface area contributed by atoms with Crippen LogP contribution in [0.15, 0.2) is 45.6 Å². The summed E-state index contributed by atoms with van der Waals surface area (Å²) >= 11 is 2.04. The molecule has 1 saturated heterocycles. The quantitative estimate of drug-likeness (QED) is 0.329.